The van der Waals surface area contributed by atoms with E-state index in [1.807, 2.05) is 18.2 Å². The third-order valence-electron chi connectivity index (χ3n) is 3.71. The lowest BCUT2D eigenvalue weighted by molar-refractivity contribution is 0.357. The molecule has 0 aliphatic carbocycles. The summed E-state index contributed by atoms with van der Waals surface area (Å²) in [5.74, 6) is 0.403. The standard InChI is InChI=1S/C17H12F2N2O2S/c18-13-3-1-12(14(19)8-13)9-24-17-21-20-16(23-17)11-2-4-15-10(7-11)5-6-22-15/h1-4,7-8H,5-6,9H2. The number of hydrogen-bond donors (Lipinski definition) is 0. The lowest BCUT2D eigenvalue weighted by atomic mass is 10.1. The highest BCUT2D eigenvalue weighted by Gasteiger charge is 2.16. The summed E-state index contributed by atoms with van der Waals surface area (Å²) < 4.78 is 37.6. The molecule has 1 aromatic heterocycles. The van der Waals surface area contributed by atoms with E-state index in [9.17, 15) is 8.78 Å². The predicted octanol–water partition coefficient (Wildman–Crippen LogP) is 4.24. The molecular formula is C17H12F2N2O2S. The van der Waals surface area contributed by atoms with Gasteiger partial charge < -0.3 is 9.15 Å². The molecule has 4 nitrogen and oxygen atoms in total. The summed E-state index contributed by atoms with van der Waals surface area (Å²) in [6.45, 7) is 0.687. The molecule has 4 rings (SSSR count). The van der Waals surface area contributed by atoms with Gasteiger partial charge in [0.05, 0.1) is 6.61 Å². The average molecular weight is 346 g/mol. The van der Waals surface area contributed by atoms with Gasteiger partial charge in [-0.25, -0.2) is 8.78 Å². The van der Waals surface area contributed by atoms with Crippen LogP contribution in [0.2, 0.25) is 0 Å². The first-order chi connectivity index (χ1) is 11.7. The van der Waals surface area contributed by atoms with Crippen LogP contribution in [-0.4, -0.2) is 16.8 Å². The van der Waals surface area contributed by atoms with E-state index in [0.717, 1.165) is 29.4 Å². The molecule has 2 aromatic carbocycles. The molecule has 0 saturated heterocycles. The smallest absolute Gasteiger partial charge is 0.277 e. The second-order valence-corrected chi connectivity index (χ2v) is 6.25. The maximum atomic E-state index is 13.6. The third-order valence-corrected chi connectivity index (χ3v) is 4.58. The maximum Gasteiger partial charge on any atom is 0.277 e. The molecule has 122 valence electrons. The van der Waals surface area contributed by atoms with Gasteiger partial charge >= 0.3 is 0 Å². The summed E-state index contributed by atoms with van der Waals surface area (Å²) in [7, 11) is 0. The topological polar surface area (TPSA) is 48.2 Å². The van der Waals surface area contributed by atoms with Crippen molar-refractivity contribution >= 4 is 11.8 Å². The monoisotopic (exact) mass is 346 g/mol. The third kappa shape index (κ3) is 2.99. The summed E-state index contributed by atoms with van der Waals surface area (Å²) in [4.78, 5) is 0. The highest BCUT2D eigenvalue weighted by atomic mass is 32.2. The SMILES string of the molecule is Fc1ccc(CSc2nnc(-c3ccc4c(c3)CCO4)o2)c(F)c1. The molecule has 7 heteroatoms. The zero-order valence-electron chi connectivity index (χ0n) is 12.5. The van der Waals surface area contributed by atoms with Gasteiger partial charge in [0.15, 0.2) is 0 Å². The van der Waals surface area contributed by atoms with Gasteiger partial charge in [0.25, 0.3) is 5.22 Å². The van der Waals surface area contributed by atoms with E-state index in [1.54, 1.807) is 0 Å². The molecule has 3 aromatic rings. The molecular weight excluding hydrogens is 334 g/mol. The minimum absolute atomic E-state index is 0.284. The Morgan fingerprint density at radius 3 is 2.88 bits per heavy atom. The van der Waals surface area contributed by atoms with Gasteiger partial charge in [0, 0.05) is 23.8 Å². The second kappa shape index (κ2) is 6.24. The minimum Gasteiger partial charge on any atom is -0.493 e. The lowest BCUT2D eigenvalue weighted by Gasteiger charge is -2.01. The molecule has 0 amide bonds. The van der Waals surface area contributed by atoms with Crippen molar-refractivity contribution in [2.45, 2.75) is 17.4 Å². The highest BCUT2D eigenvalue weighted by Crippen LogP contribution is 2.31. The Morgan fingerprint density at radius 2 is 2.00 bits per heavy atom. The molecule has 0 saturated carbocycles. The van der Waals surface area contributed by atoms with Crippen molar-refractivity contribution in [3.8, 4) is 17.2 Å². The number of thioether (sulfide) groups is 1. The van der Waals surface area contributed by atoms with E-state index in [4.69, 9.17) is 9.15 Å². The van der Waals surface area contributed by atoms with Crippen molar-refractivity contribution in [2.24, 2.45) is 0 Å². The van der Waals surface area contributed by atoms with Crippen molar-refractivity contribution < 1.29 is 17.9 Å². The zero-order valence-corrected chi connectivity index (χ0v) is 13.3. The summed E-state index contributed by atoms with van der Waals surface area (Å²) in [6.07, 6.45) is 0.864. The number of hydrogen-bond acceptors (Lipinski definition) is 5. The largest absolute Gasteiger partial charge is 0.493 e. The first kappa shape index (κ1) is 15.1. The van der Waals surface area contributed by atoms with Gasteiger partial charge in [-0.2, -0.15) is 0 Å². The van der Waals surface area contributed by atoms with Crippen LogP contribution >= 0.6 is 11.8 Å². The van der Waals surface area contributed by atoms with Gasteiger partial charge in [-0.05, 0) is 35.4 Å². The van der Waals surface area contributed by atoms with Crippen LogP contribution in [0.25, 0.3) is 11.5 Å². The van der Waals surface area contributed by atoms with Crippen LogP contribution in [0, 0.1) is 11.6 Å². The highest BCUT2D eigenvalue weighted by molar-refractivity contribution is 7.98. The van der Waals surface area contributed by atoms with Crippen molar-refractivity contribution in [1.29, 1.82) is 0 Å². The molecule has 0 radical (unpaired) electrons. The number of rotatable bonds is 4. The summed E-state index contributed by atoms with van der Waals surface area (Å²) in [6, 6.07) is 9.24. The molecule has 0 unspecified atom stereocenters. The molecule has 0 bridgehead atoms. The van der Waals surface area contributed by atoms with Crippen LogP contribution in [0.4, 0.5) is 8.78 Å². The van der Waals surface area contributed by atoms with E-state index >= 15 is 0 Å². The van der Waals surface area contributed by atoms with E-state index in [1.165, 1.54) is 23.9 Å². The fourth-order valence-electron chi connectivity index (χ4n) is 2.48. The Kier molecular flexibility index (Phi) is 3.93. The van der Waals surface area contributed by atoms with Crippen LogP contribution in [0.1, 0.15) is 11.1 Å². The van der Waals surface area contributed by atoms with Gasteiger partial charge in [-0.1, -0.05) is 17.8 Å². The van der Waals surface area contributed by atoms with E-state index in [0.29, 0.717) is 23.3 Å². The van der Waals surface area contributed by atoms with Crippen LogP contribution in [-0.2, 0) is 12.2 Å². The molecule has 1 aliphatic heterocycles. The molecule has 1 aliphatic rings. The van der Waals surface area contributed by atoms with E-state index < -0.39 is 11.6 Å². The molecule has 0 N–H and O–H groups in total. The van der Waals surface area contributed by atoms with Gasteiger partial charge in [0.2, 0.25) is 5.89 Å². The predicted molar refractivity (Wildman–Crippen MR) is 84.9 cm³/mol. The molecule has 24 heavy (non-hydrogen) atoms. The van der Waals surface area contributed by atoms with Crippen molar-refractivity contribution in [3.63, 3.8) is 0 Å². The quantitative estimate of drug-likeness (QED) is 0.661. The summed E-state index contributed by atoms with van der Waals surface area (Å²) in [5, 5.41) is 8.33. The Hall–Kier alpha value is -2.41. The lowest BCUT2D eigenvalue weighted by Crippen LogP contribution is -1.89. The Morgan fingerprint density at radius 1 is 1.08 bits per heavy atom. The van der Waals surface area contributed by atoms with Crippen molar-refractivity contribution in [2.75, 3.05) is 6.61 Å². The van der Waals surface area contributed by atoms with Crippen molar-refractivity contribution in [3.05, 3.63) is 59.2 Å². The summed E-state index contributed by atoms with van der Waals surface area (Å²) in [5.41, 5.74) is 2.33. The average Bonchev–Trinajstić information content (AvgIpc) is 3.22. The number of nitrogens with zero attached hydrogens (tertiary/aromatic N) is 2. The van der Waals surface area contributed by atoms with Crippen LogP contribution in [0.15, 0.2) is 46.0 Å². The van der Waals surface area contributed by atoms with Crippen LogP contribution < -0.4 is 4.74 Å². The molecule has 0 fully saturated rings. The van der Waals surface area contributed by atoms with Crippen LogP contribution in [0.5, 0.6) is 5.75 Å². The number of ether oxygens (including phenoxy) is 1. The van der Waals surface area contributed by atoms with E-state index in [2.05, 4.69) is 10.2 Å². The fourth-order valence-corrected chi connectivity index (χ4v) is 3.23. The normalized spacial score (nSPS) is 12.9. The zero-order chi connectivity index (χ0) is 16.5. The molecule has 0 spiro atoms. The first-order valence-corrected chi connectivity index (χ1v) is 8.34. The second-order valence-electron chi connectivity index (χ2n) is 5.32. The Labute approximate surface area is 140 Å². The number of fused-ring (bicyclic) bond motifs is 1. The maximum absolute atomic E-state index is 13.6. The minimum atomic E-state index is -0.595. The Bertz CT molecular complexity index is 898. The number of halogens is 2. The summed E-state index contributed by atoms with van der Waals surface area (Å²) >= 11 is 1.21. The first-order valence-electron chi connectivity index (χ1n) is 7.35. The molecule has 2 heterocycles. The van der Waals surface area contributed by atoms with Crippen LogP contribution in [0.3, 0.4) is 0 Å². The van der Waals surface area contributed by atoms with Gasteiger partial charge in [0.1, 0.15) is 17.4 Å². The van der Waals surface area contributed by atoms with Gasteiger partial charge in [-0.3, -0.25) is 0 Å². The van der Waals surface area contributed by atoms with Crippen molar-refractivity contribution in [1.82, 2.24) is 10.2 Å². The molecule has 0 atom stereocenters. The number of aromatic nitrogens is 2. The number of benzene rings is 2. The Balaban J connectivity index is 1.48. The fraction of sp³-hybridized carbons (Fsp3) is 0.176. The van der Waals surface area contributed by atoms with E-state index in [-0.39, 0.29) is 5.75 Å². The van der Waals surface area contributed by atoms with Gasteiger partial charge in [-0.15, -0.1) is 10.2 Å².